The van der Waals surface area contributed by atoms with E-state index in [9.17, 15) is 0 Å². The van der Waals surface area contributed by atoms with Gasteiger partial charge in [-0.25, -0.2) is 4.98 Å². The normalized spacial score (nSPS) is 11.6. The van der Waals surface area contributed by atoms with Gasteiger partial charge in [0.15, 0.2) is 0 Å². The number of benzene rings is 8. The first-order valence-corrected chi connectivity index (χ1v) is 15.8. The predicted octanol–water partition coefficient (Wildman–Crippen LogP) is 11.8. The minimum atomic E-state index is 0.941. The van der Waals surface area contributed by atoms with Crippen molar-refractivity contribution in [2.24, 2.45) is 0 Å². The lowest BCUT2D eigenvalue weighted by Gasteiger charge is -2.19. The predicted molar refractivity (Wildman–Crippen MR) is 195 cm³/mol. The highest BCUT2D eigenvalue weighted by Gasteiger charge is 2.18. The van der Waals surface area contributed by atoms with Gasteiger partial charge in [0.2, 0.25) is 0 Å². The fraction of sp³-hybridized carbons (Fsp3) is 0.0227. The van der Waals surface area contributed by atoms with Crippen molar-refractivity contribution in [3.63, 3.8) is 0 Å². The zero-order valence-corrected chi connectivity index (χ0v) is 25.5. The molecule has 1 aromatic heterocycles. The van der Waals surface area contributed by atoms with Crippen LogP contribution in [0.25, 0.3) is 82.7 Å². The molecule has 0 N–H and O–H groups in total. The van der Waals surface area contributed by atoms with Crippen LogP contribution >= 0.6 is 0 Å². The Morgan fingerprint density at radius 1 is 0.435 bits per heavy atom. The van der Waals surface area contributed by atoms with Crippen LogP contribution in [0.5, 0.6) is 0 Å². The second kappa shape index (κ2) is 10.6. The van der Waals surface area contributed by atoms with Gasteiger partial charge in [0.1, 0.15) is 5.82 Å². The molecule has 8 aromatic carbocycles. The average Bonchev–Trinajstić information content (AvgIpc) is 3.50. The summed E-state index contributed by atoms with van der Waals surface area (Å²) >= 11 is 0. The average molecular weight is 587 g/mol. The molecule has 9 rings (SSSR count). The van der Waals surface area contributed by atoms with Gasteiger partial charge in [-0.3, -0.25) is 4.57 Å². The summed E-state index contributed by atoms with van der Waals surface area (Å²) in [4.78, 5) is 5.10. The minimum absolute atomic E-state index is 0.941. The van der Waals surface area contributed by atoms with Crippen molar-refractivity contribution in [3.8, 4) is 39.3 Å². The van der Waals surface area contributed by atoms with Crippen LogP contribution in [-0.2, 0) is 0 Å². The van der Waals surface area contributed by atoms with Crippen LogP contribution in [0.3, 0.4) is 0 Å². The molecule has 9 aromatic rings. The summed E-state index contributed by atoms with van der Waals surface area (Å²) in [5, 5.41) is 7.57. The quantitative estimate of drug-likeness (QED) is 0.188. The van der Waals surface area contributed by atoms with E-state index in [0.717, 1.165) is 28.1 Å². The van der Waals surface area contributed by atoms with E-state index < -0.39 is 0 Å². The number of para-hydroxylation sites is 3. The Labute approximate surface area is 267 Å². The summed E-state index contributed by atoms with van der Waals surface area (Å²) in [6.07, 6.45) is 0. The lowest BCUT2D eigenvalue weighted by molar-refractivity contribution is 1.10. The molecule has 0 radical (unpaired) electrons. The third-order valence-corrected chi connectivity index (χ3v) is 9.22. The number of fused-ring (bicyclic) bond motifs is 4. The Balaban J connectivity index is 1.26. The van der Waals surface area contributed by atoms with E-state index in [2.05, 4.69) is 175 Å². The van der Waals surface area contributed by atoms with Crippen molar-refractivity contribution in [1.82, 2.24) is 9.55 Å². The van der Waals surface area contributed by atoms with Gasteiger partial charge in [-0.15, -0.1) is 0 Å². The molecule has 0 fully saturated rings. The van der Waals surface area contributed by atoms with E-state index in [0.29, 0.717) is 0 Å². The summed E-state index contributed by atoms with van der Waals surface area (Å²) in [5.74, 6) is 0.941. The standard InChI is InChI=1S/C44H30N2/c1-29-19-26-38-39(27-29)42(36-15-7-8-16-37(36)43(38)34-25-20-30-11-5-6-12-33(30)28-34)31-21-23-32(24-22-31)44-45-40-17-9-10-18-41(40)46(44)35-13-3-2-4-14-35/h2-28H,1H3. The fourth-order valence-corrected chi connectivity index (χ4v) is 7.10. The molecule has 0 saturated heterocycles. The number of hydrogen-bond acceptors (Lipinski definition) is 1. The molecule has 0 spiro atoms. The molecule has 1 heterocycles. The van der Waals surface area contributed by atoms with Crippen LogP contribution in [0.15, 0.2) is 164 Å². The Morgan fingerprint density at radius 2 is 1.04 bits per heavy atom. The second-order valence-electron chi connectivity index (χ2n) is 12.1. The van der Waals surface area contributed by atoms with Crippen molar-refractivity contribution in [1.29, 1.82) is 0 Å². The first kappa shape index (κ1) is 26.4. The van der Waals surface area contributed by atoms with Crippen LogP contribution in [0.4, 0.5) is 0 Å². The zero-order valence-electron chi connectivity index (χ0n) is 25.5. The summed E-state index contributed by atoms with van der Waals surface area (Å²) in [5.41, 5.74) is 10.5. The van der Waals surface area contributed by atoms with E-state index in [1.54, 1.807) is 0 Å². The molecule has 2 heteroatoms. The van der Waals surface area contributed by atoms with Gasteiger partial charge in [-0.1, -0.05) is 139 Å². The molecular formula is C44H30N2. The van der Waals surface area contributed by atoms with Crippen LogP contribution in [-0.4, -0.2) is 9.55 Å². The molecule has 46 heavy (non-hydrogen) atoms. The number of rotatable bonds is 4. The first-order valence-electron chi connectivity index (χ1n) is 15.8. The molecule has 0 amide bonds. The Bertz CT molecular complexity index is 2570. The molecule has 0 aliphatic heterocycles. The van der Waals surface area contributed by atoms with Crippen molar-refractivity contribution < 1.29 is 0 Å². The van der Waals surface area contributed by atoms with Crippen molar-refractivity contribution in [2.45, 2.75) is 6.92 Å². The number of imidazole rings is 1. The Morgan fingerprint density at radius 3 is 1.85 bits per heavy atom. The van der Waals surface area contributed by atoms with E-state index in [-0.39, 0.29) is 0 Å². The molecule has 216 valence electrons. The minimum Gasteiger partial charge on any atom is -0.292 e. The smallest absolute Gasteiger partial charge is 0.145 e. The summed E-state index contributed by atoms with van der Waals surface area (Å²) in [6, 6.07) is 59.1. The monoisotopic (exact) mass is 586 g/mol. The maximum Gasteiger partial charge on any atom is 0.145 e. The highest BCUT2D eigenvalue weighted by molar-refractivity contribution is 6.21. The van der Waals surface area contributed by atoms with Gasteiger partial charge >= 0.3 is 0 Å². The number of nitrogens with zero attached hydrogens (tertiary/aromatic N) is 2. The third kappa shape index (κ3) is 4.22. The van der Waals surface area contributed by atoms with Gasteiger partial charge in [-0.2, -0.15) is 0 Å². The second-order valence-corrected chi connectivity index (χ2v) is 12.1. The van der Waals surface area contributed by atoms with Crippen molar-refractivity contribution in [3.05, 3.63) is 169 Å². The van der Waals surface area contributed by atoms with Gasteiger partial charge in [0, 0.05) is 11.3 Å². The summed E-state index contributed by atoms with van der Waals surface area (Å²) in [7, 11) is 0. The lowest BCUT2D eigenvalue weighted by atomic mass is 9.85. The van der Waals surface area contributed by atoms with E-state index in [4.69, 9.17) is 4.98 Å². The highest BCUT2D eigenvalue weighted by Crippen LogP contribution is 2.44. The number of aromatic nitrogens is 2. The number of hydrogen-bond donors (Lipinski definition) is 0. The fourth-order valence-electron chi connectivity index (χ4n) is 7.10. The van der Waals surface area contributed by atoms with Gasteiger partial charge in [-0.05, 0) is 91.8 Å². The van der Waals surface area contributed by atoms with E-state index in [1.807, 2.05) is 0 Å². The molecule has 0 saturated carbocycles. The van der Waals surface area contributed by atoms with Crippen LogP contribution in [0, 0.1) is 6.92 Å². The summed E-state index contributed by atoms with van der Waals surface area (Å²) in [6.45, 7) is 2.19. The van der Waals surface area contributed by atoms with Crippen LogP contribution in [0.1, 0.15) is 5.56 Å². The van der Waals surface area contributed by atoms with Crippen LogP contribution in [0.2, 0.25) is 0 Å². The largest absolute Gasteiger partial charge is 0.292 e. The van der Waals surface area contributed by atoms with Crippen molar-refractivity contribution >= 4 is 43.4 Å². The SMILES string of the molecule is Cc1ccc2c(-c3ccc4ccccc4c3)c3ccccc3c(-c3ccc(-c4nc5ccccc5n4-c4ccccc4)cc3)c2c1. The maximum atomic E-state index is 5.10. The Hall–Kier alpha value is -5.99. The molecule has 0 bridgehead atoms. The number of aryl methyl sites for hydroxylation is 1. The Kier molecular flexibility index (Phi) is 6.07. The molecule has 0 unspecified atom stereocenters. The summed E-state index contributed by atoms with van der Waals surface area (Å²) < 4.78 is 2.26. The van der Waals surface area contributed by atoms with E-state index >= 15 is 0 Å². The highest BCUT2D eigenvalue weighted by atomic mass is 15.1. The maximum absolute atomic E-state index is 5.10. The molecule has 0 atom stereocenters. The molecule has 0 aliphatic carbocycles. The van der Waals surface area contributed by atoms with Gasteiger partial charge < -0.3 is 0 Å². The van der Waals surface area contributed by atoms with Gasteiger partial charge in [0.05, 0.1) is 11.0 Å². The van der Waals surface area contributed by atoms with Crippen LogP contribution < -0.4 is 0 Å². The molecule has 0 aliphatic rings. The zero-order chi connectivity index (χ0) is 30.6. The van der Waals surface area contributed by atoms with Crippen molar-refractivity contribution in [2.75, 3.05) is 0 Å². The first-order chi connectivity index (χ1) is 22.7. The third-order valence-electron chi connectivity index (χ3n) is 9.22. The topological polar surface area (TPSA) is 17.8 Å². The lowest BCUT2D eigenvalue weighted by Crippen LogP contribution is -1.97. The van der Waals surface area contributed by atoms with E-state index in [1.165, 1.54) is 60.1 Å². The molecular weight excluding hydrogens is 556 g/mol. The van der Waals surface area contributed by atoms with Gasteiger partial charge in [0.25, 0.3) is 0 Å². The molecule has 2 nitrogen and oxygen atoms in total.